The van der Waals surface area contributed by atoms with Crippen molar-refractivity contribution >= 4 is 29.6 Å². The second kappa shape index (κ2) is 4.17. The fourth-order valence-corrected chi connectivity index (χ4v) is 3.17. The van der Waals surface area contributed by atoms with E-state index in [0.29, 0.717) is 10.5 Å². The molecule has 1 aliphatic rings. The van der Waals surface area contributed by atoms with E-state index in [1.807, 2.05) is 0 Å². The number of nitrogens with zero attached hydrogens (tertiary/aromatic N) is 1. The quantitative estimate of drug-likeness (QED) is 0.657. The Morgan fingerprint density at radius 3 is 2.68 bits per heavy atom. The molecule has 19 heavy (non-hydrogen) atoms. The van der Waals surface area contributed by atoms with Crippen molar-refractivity contribution in [1.29, 1.82) is 0 Å². The number of hydrogen-bond donors (Lipinski definition) is 1. The maximum absolute atomic E-state index is 12.3. The van der Waals surface area contributed by atoms with Gasteiger partial charge in [0.2, 0.25) is 17.9 Å². The van der Waals surface area contributed by atoms with E-state index >= 15 is 0 Å². The topological polar surface area (TPSA) is 79.9 Å². The van der Waals surface area contributed by atoms with Crippen molar-refractivity contribution in [3.05, 3.63) is 47.8 Å². The van der Waals surface area contributed by atoms with Crippen molar-refractivity contribution < 1.29 is 14.4 Å². The summed E-state index contributed by atoms with van der Waals surface area (Å²) in [5.74, 6) is -1.49. The van der Waals surface area contributed by atoms with Gasteiger partial charge in [0.15, 0.2) is 4.75 Å². The fraction of sp³-hybridized carbons (Fsp3) is 0.0769. The molecule has 1 unspecified atom stereocenters. The lowest BCUT2D eigenvalue weighted by Gasteiger charge is -2.27. The second-order valence-electron chi connectivity index (χ2n) is 4.00. The third-order valence-corrected chi connectivity index (χ3v) is 4.29. The molecule has 2 aromatic rings. The zero-order valence-electron chi connectivity index (χ0n) is 9.54. The maximum atomic E-state index is 12.3. The van der Waals surface area contributed by atoms with Crippen LogP contribution in [0.3, 0.4) is 0 Å². The van der Waals surface area contributed by atoms with E-state index in [0.717, 1.165) is 11.8 Å². The molecule has 0 saturated heterocycles. The standard InChI is InChI=1S/C13H7N2O3S/c16-7-13(10-5-6-14-15-10)12(18)11(17)8-3-1-2-4-9(8)19-13/h1-6H,(H,14,15). The second-order valence-corrected chi connectivity index (χ2v) is 5.26. The number of rotatable bonds is 2. The van der Waals surface area contributed by atoms with Gasteiger partial charge in [0.05, 0.1) is 5.69 Å². The van der Waals surface area contributed by atoms with Gasteiger partial charge in [-0.05, 0) is 18.2 Å². The number of nitrogens with one attached hydrogen (secondary N) is 1. The van der Waals surface area contributed by atoms with Gasteiger partial charge in [0.25, 0.3) is 0 Å². The minimum absolute atomic E-state index is 0.195. The van der Waals surface area contributed by atoms with Gasteiger partial charge in [-0.15, -0.1) is 0 Å². The minimum Gasteiger partial charge on any atom is -0.288 e. The van der Waals surface area contributed by atoms with Crippen molar-refractivity contribution in [3.8, 4) is 0 Å². The van der Waals surface area contributed by atoms with Gasteiger partial charge in [0, 0.05) is 16.7 Å². The van der Waals surface area contributed by atoms with Crippen molar-refractivity contribution in [2.45, 2.75) is 9.64 Å². The fourth-order valence-electron chi connectivity index (χ4n) is 1.98. The monoisotopic (exact) mass is 271 g/mol. The number of carbonyl (C=O) groups is 2. The third-order valence-electron chi connectivity index (χ3n) is 2.93. The highest BCUT2D eigenvalue weighted by atomic mass is 32.2. The van der Waals surface area contributed by atoms with Crippen molar-refractivity contribution in [2.75, 3.05) is 0 Å². The molecule has 0 bridgehead atoms. The van der Waals surface area contributed by atoms with E-state index in [2.05, 4.69) is 10.2 Å². The number of Topliss-reactive ketones (excluding diaryl/α,β-unsaturated/α-hetero) is 2. The molecule has 1 radical (unpaired) electrons. The first-order valence-electron chi connectivity index (χ1n) is 5.46. The number of aromatic nitrogens is 2. The van der Waals surface area contributed by atoms with Crippen LogP contribution >= 0.6 is 11.8 Å². The van der Waals surface area contributed by atoms with Gasteiger partial charge < -0.3 is 0 Å². The lowest BCUT2D eigenvalue weighted by Crippen LogP contribution is -2.42. The summed E-state index contributed by atoms with van der Waals surface area (Å²) in [5, 5.41) is 6.40. The molecule has 1 aromatic heterocycles. The first-order valence-corrected chi connectivity index (χ1v) is 6.27. The van der Waals surface area contributed by atoms with Gasteiger partial charge in [-0.1, -0.05) is 23.9 Å². The van der Waals surface area contributed by atoms with Crippen LogP contribution in [-0.4, -0.2) is 28.1 Å². The molecule has 1 aromatic carbocycles. The first-order chi connectivity index (χ1) is 9.19. The molecule has 1 N–H and O–H groups in total. The molecule has 0 amide bonds. The van der Waals surface area contributed by atoms with Crippen molar-refractivity contribution in [2.24, 2.45) is 0 Å². The summed E-state index contributed by atoms with van der Waals surface area (Å²) in [5.41, 5.74) is 0.513. The lowest BCUT2D eigenvalue weighted by molar-refractivity contribution is -0.116. The Bertz CT molecular complexity index is 681. The Balaban J connectivity index is 2.22. The number of fused-ring (bicyclic) bond motifs is 1. The van der Waals surface area contributed by atoms with Crippen LogP contribution in [0.5, 0.6) is 0 Å². The average Bonchev–Trinajstić information content (AvgIpc) is 2.97. The van der Waals surface area contributed by atoms with E-state index < -0.39 is 16.3 Å². The highest BCUT2D eigenvalue weighted by Gasteiger charge is 2.51. The summed E-state index contributed by atoms with van der Waals surface area (Å²) in [6, 6.07) is 8.19. The van der Waals surface area contributed by atoms with Gasteiger partial charge in [-0.2, -0.15) is 5.10 Å². The van der Waals surface area contributed by atoms with Gasteiger partial charge in [0.1, 0.15) is 0 Å². The molecular formula is C13H7N2O3S. The molecule has 93 valence electrons. The molecule has 1 aliphatic heterocycles. The minimum atomic E-state index is -1.70. The normalized spacial score (nSPS) is 22.1. The molecule has 2 heterocycles. The summed E-state index contributed by atoms with van der Waals surface area (Å²) < 4.78 is -1.70. The SMILES string of the molecule is O=[C]C1(c2cc[nH]n2)Sc2ccccc2C(=O)C1=O. The van der Waals surface area contributed by atoms with E-state index in [9.17, 15) is 14.4 Å². The van der Waals surface area contributed by atoms with Crippen LogP contribution in [-0.2, 0) is 14.3 Å². The molecule has 0 spiro atoms. The Morgan fingerprint density at radius 2 is 2.00 bits per heavy atom. The summed E-state index contributed by atoms with van der Waals surface area (Å²) >= 11 is 0.998. The summed E-state index contributed by atoms with van der Waals surface area (Å²) in [6.45, 7) is 0. The zero-order chi connectivity index (χ0) is 13.5. The summed E-state index contributed by atoms with van der Waals surface area (Å²) in [4.78, 5) is 36.3. The van der Waals surface area contributed by atoms with Gasteiger partial charge in [-0.25, -0.2) is 0 Å². The highest BCUT2D eigenvalue weighted by Crippen LogP contribution is 2.45. The predicted molar refractivity (Wildman–Crippen MR) is 67.6 cm³/mol. The van der Waals surface area contributed by atoms with E-state index in [4.69, 9.17) is 0 Å². The van der Waals surface area contributed by atoms with E-state index in [-0.39, 0.29) is 5.69 Å². The molecule has 0 saturated carbocycles. The predicted octanol–water partition coefficient (Wildman–Crippen LogP) is 1.27. The van der Waals surface area contributed by atoms with Crippen molar-refractivity contribution in [3.63, 3.8) is 0 Å². The van der Waals surface area contributed by atoms with Crippen LogP contribution in [0.1, 0.15) is 16.1 Å². The molecule has 3 rings (SSSR count). The molecule has 0 fully saturated rings. The largest absolute Gasteiger partial charge is 0.288 e. The number of ketones is 2. The highest BCUT2D eigenvalue weighted by molar-refractivity contribution is 8.02. The molecular weight excluding hydrogens is 264 g/mol. The smallest absolute Gasteiger partial charge is 0.233 e. The molecule has 6 heteroatoms. The molecule has 5 nitrogen and oxygen atoms in total. The van der Waals surface area contributed by atoms with E-state index in [1.165, 1.54) is 12.3 Å². The Hall–Kier alpha value is -2.21. The van der Waals surface area contributed by atoms with Crippen LogP contribution < -0.4 is 0 Å². The lowest BCUT2D eigenvalue weighted by atomic mass is 9.93. The Kier molecular flexibility index (Phi) is 2.60. The molecule has 0 aliphatic carbocycles. The van der Waals surface area contributed by atoms with E-state index in [1.54, 1.807) is 30.6 Å². The van der Waals surface area contributed by atoms with Crippen LogP contribution in [0.4, 0.5) is 0 Å². The number of thioether (sulfide) groups is 1. The Labute approximate surface area is 112 Å². The van der Waals surface area contributed by atoms with Crippen LogP contribution in [0.25, 0.3) is 0 Å². The third kappa shape index (κ3) is 1.57. The summed E-state index contributed by atoms with van der Waals surface area (Å²) in [7, 11) is 0. The Morgan fingerprint density at radius 1 is 1.21 bits per heavy atom. The molecule has 1 atom stereocenters. The number of H-pyrrole nitrogens is 1. The van der Waals surface area contributed by atoms with Crippen LogP contribution in [0, 0.1) is 0 Å². The van der Waals surface area contributed by atoms with Crippen molar-refractivity contribution in [1.82, 2.24) is 10.2 Å². The van der Waals surface area contributed by atoms with Crippen LogP contribution in [0.2, 0.25) is 0 Å². The summed E-state index contributed by atoms with van der Waals surface area (Å²) in [6.07, 6.45) is 3.19. The first kappa shape index (κ1) is 11.9. The number of carbonyl (C=O) groups excluding carboxylic acids is 3. The van der Waals surface area contributed by atoms with Crippen LogP contribution in [0.15, 0.2) is 41.4 Å². The average molecular weight is 271 g/mol. The number of aromatic amines is 1. The number of benzene rings is 1. The zero-order valence-corrected chi connectivity index (χ0v) is 10.4. The van der Waals surface area contributed by atoms with Gasteiger partial charge >= 0.3 is 0 Å². The maximum Gasteiger partial charge on any atom is 0.233 e. The number of hydrogen-bond acceptors (Lipinski definition) is 5. The van der Waals surface area contributed by atoms with Gasteiger partial charge in [-0.3, -0.25) is 19.5 Å².